The highest BCUT2D eigenvalue weighted by atomic mass is 32.2. The third-order valence-electron chi connectivity index (χ3n) is 6.78. The van der Waals surface area contributed by atoms with Gasteiger partial charge in [-0.15, -0.1) is 10.2 Å². The molecule has 2 aliphatic rings. The molecule has 7 nitrogen and oxygen atoms in total. The highest BCUT2D eigenvalue weighted by molar-refractivity contribution is 7.99. The standard InChI is InChI=1S/C23H27F3N6OS/c1-15-20(33-14-27-15)21-28-29-22(30(21)2)34-11-3-9-31-12-16-8-10-32(19(16)13-31)18-6-4-17(5-7-18)23(24,25)26/h4-7,14,16,19H,3,8-13H2,1-2H3/t16-,19+/m1/s1. The number of nitrogens with zero attached hydrogens (tertiary/aromatic N) is 6. The van der Waals surface area contributed by atoms with Crippen LogP contribution in [0, 0.1) is 12.8 Å². The monoisotopic (exact) mass is 492 g/mol. The van der Waals surface area contributed by atoms with Crippen molar-refractivity contribution in [1.82, 2.24) is 24.6 Å². The molecule has 0 N–H and O–H groups in total. The van der Waals surface area contributed by atoms with Gasteiger partial charge in [-0.3, -0.25) is 0 Å². The van der Waals surface area contributed by atoms with Crippen molar-refractivity contribution < 1.29 is 17.6 Å². The number of aryl methyl sites for hydroxylation is 1. The maximum atomic E-state index is 12.9. The Bertz CT molecular complexity index is 1130. The van der Waals surface area contributed by atoms with E-state index in [-0.39, 0.29) is 0 Å². The Morgan fingerprint density at radius 3 is 2.65 bits per heavy atom. The van der Waals surface area contributed by atoms with Crippen molar-refractivity contribution in [2.75, 3.05) is 36.8 Å². The number of halogens is 3. The summed E-state index contributed by atoms with van der Waals surface area (Å²) in [7, 11) is 1.93. The molecule has 11 heteroatoms. The minimum absolute atomic E-state index is 0.371. The summed E-state index contributed by atoms with van der Waals surface area (Å²) in [5.41, 5.74) is 1.08. The lowest BCUT2D eigenvalue weighted by Gasteiger charge is -2.27. The molecule has 1 aromatic carbocycles. The molecule has 2 fully saturated rings. The zero-order valence-corrected chi connectivity index (χ0v) is 19.9. The smallest absolute Gasteiger partial charge is 0.416 e. The first-order chi connectivity index (χ1) is 16.3. The van der Waals surface area contributed by atoms with Gasteiger partial charge in [-0.1, -0.05) is 11.8 Å². The Morgan fingerprint density at radius 2 is 1.94 bits per heavy atom. The molecule has 4 heterocycles. The van der Waals surface area contributed by atoms with Crippen molar-refractivity contribution in [2.45, 2.75) is 37.1 Å². The normalized spacial score (nSPS) is 20.9. The number of likely N-dealkylation sites (tertiary alicyclic amines) is 1. The van der Waals surface area contributed by atoms with E-state index >= 15 is 0 Å². The Balaban J connectivity index is 1.11. The summed E-state index contributed by atoms with van der Waals surface area (Å²) >= 11 is 1.67. The lowest BCUT2D eigenvalue weighted by atomic mass is 10.0. The lowest BCUT2D eigenvalue weighted by molar-refractivity contribution is -0.137. The summed E-state index contributed by atoms with van der Waals surface area (Å²) in [5, 5.41) is 9.39. The minimum atomic E-state index is -4.30. The molecule has 0 unspecified atom stereocenters. The summed E-state index contributed by atoms with van der Waals surface area (Å²) in [4.78, 5) is 8.88. The maximum absolute atomic E-state index is 12.9. The number of alkyl halides is 3. The van der Waals surface area contributed by atoms with Crippen LogP contribution in [0.15, 0.2) is 40.2 Å². The Labute approximate surface area is 200 Å². The van der Waals surface area contributed by atoms with Crippen LogP contribution in [0.25, 0.3) is 11.6 Å². The van der Waals surface area contributed by atoms with Crippen molar-refractivity contribution in [3.05, 3.63) is 41.9 Å². The second-order valence-electron chi connectivity index (χ2n) is 8.95. The van der Waals surface area contributed by atoms with Gasteiger partial charge in [0.15, 0.2) is 17.3 Å². The molecule has 0 radical (unpaired) electrons. The molecule has 2 aromatic heterocycles. The third kappa shape index (κ3) is 4.55. The van der Waals surface area contributed by atoms with E-state index in [1.807, 2.05) is 18.5 Å². The number of aromatic nitrogens is 4. The minimum Gasteiger partial charge on any atom is -0.440 e. The number of fused-ring (bicyclic) bond motifs is 1. The highest BCUT2D eigenvalue weighted by Gasteiger charge is 2.41. The van der Waals surface area contributed by atoms with Crippen LogP contribution in [0.4, 0.5) is 18.9 Å². The first kappa shape index (κ1) is 23.2. The predicted molar refractivity (Wildman–Crippen MR) is 124 cm³/mol. The van der Waals surface area contributed by atoms with Gasteiger partial charge in [0.05, 0.1) is 11.3 Å². The number of benzene rings is 1. The molecule has 2 atom stereocenters. The quantitative estimate of drug-likeness (QED) is 0.356. The lowest BCUT2D eigenvalue weighted by Crippen LogP contribution is -2.35. The van der Waals surface area contributed by atoms with E-state index in [2.05, 4.69) is 25.0 Å². The average molecular weight is 493 g/mol. The molecular weight excluding hydrogens is 465 g/mol. The molecular formula is C23H27F3N6OS. The van der Waals surface area contributed by atoms with Gasteiger partial charge in [0.2, 0.25) is 5.82 Å². The second kappa shape index (κ2) is 9.26. The zero-order chi connectivity index (χ0) is 23.9. The van der Waals surface area contributed by atoms with E-state index in [0.717, 1.165) is 61.3 Å². The van der Waals surface area contributed by atoms with Crippen molar-refractivity contribution >= 4 is 17.4 Å². The van der Waals surface area contributed by atoms with E-state index in [1.54, 1.807) is 23.9 Å². The van der Waals surface area contributed by atoms with Crippen LogP contribution < -0.4 is 4.90 Å². The van der Waals surface area contributed by atoms with Crippen LogP contribution in [0.1, 0.15) is 24.1 Å². The van der Waals surface area contributed by atoms with E-state index < -0.39 is 11.7 Å². The van der Waals surface area contributed by atoms with Crippen LogP contribution in [-0.2, 0) is 13.2 Å². The highest BCUT2D eigenvalue weighted by Crippen LogP contribution is 2.37. The molecule has 2 saturated heterocycles. The van der Waals surface area contributed by atoms with E-state index in [4.69, 9.17) is 4.42 Å². The van der Waals surface area contributed by atoms with Gasteiger partial charge in [0.1, 0.15) is 0 Å². The van der Waals surface area contributed by atoms with Crippen LogP contribution in [0.3, 0.4) is 0 Å². The van der Waals surface area contributed by atoms with Crippen molar-refractivity contribution in [3.8, 4) is 11.6 Å². The largest absolute Gasteiger partial charge is 0.440 e. The predicted octanol–water partition coefficient (Wildman–Crippen LogP) is 4.49. The van der Waals surface area contributed by atoms with Gasteiger partial charge in [-0.05, 0) is 56.5 Å². The van der Waals surface area contributed by atoms with Gasteiger partial charge >= 0.3 is 6.18 Å². The molecule has 3 aromatic rings. The van der Waals surface area contributed by atoms with Gasteiger partial charge in [-0.25, -0.2) is 4.98 Å². The van der Waals surface area contributed by atoms with Crippen molar-refractivity contribution in [1.29, 1.82) is 0 Å². The molecule has 0 bridgehead atoms. The molecule has 0 saturated carbocycles. The molecule has 0 amide bonds. The molecule has 5 rings (SSSR count). The first-order valence-corrected chi connectivity index (χ1v) is 12.4. The topological polar surface area (TPSA) is 63.2 Å². The fraction of sp³-hybridized carbons (Fsp3) is 0.522. The maximum Gasteiger partial charge on any atom is 0.416 e. The summed E-state index contributed by atoms with van der Waals surface area (Å²) in [6.45, 7) is 5.78. The molecule has 0 spiro atoms. The first-order valence-electron chi connectivity index (χ1n) is 11.4. The molecule has 182 valence electrons. The van der Waals surface area contributed by atoms with Crippen LogP contribution >= 0.6 is 11.8 Å². The van der Waals surface area contributed by atoms with E-state index in [9.17, 15) is 13.2 Å². The number of rotatable bonds is 7. The number of hydrogen-bond donors (Lipinski definition) is 0. The van der Waals surface area contributed by atoms with Gasteiger partial charge in [0.25, 0.3) is 0 Å². The number of oxazole rings is 1. The summed E-state index contributed by atoms with van der Waals surface area (Å²) < 4.78 is 46.0. The summed E-state index contributed by atoms with van der Waals surface area (Å²) in [6.07, 6.45) is -0.778. The van der Waals surface area contributed by atoms with Crippen LogP contribution in [-0.4, -0.2) is 62.6 Å². The average Bonchev–Trinajstić information content (AvgIpc) is 3.56. The third-order valence-corrected chi connectivity index (χ3v) is 7.89. The fourth-order valence-corrected chi connectivity index (χ4v) is 5.84. The Kier molecular flexibility index (Phi) is 6.32. The number of thioether (sulfide) groups is 1. The SMILES string of the molecule is Cc1ncoc1-c1nnc(SCCCN2C[C@H]3CCN(c4ccc(C(F)(F)F)cc4)[C@H]3C2)n1C. The van der Waals surface area contributed by atoms with Gasteiger partial charge < -0.3 is 18.8 Å². The molecule has 2 aliphatic heterocycles. The summed E-state index contributed by atoms with van der Waals surface area (Å²) in [6, 6.07) is 5.97. The van der Waals surface area contributed by atoms with Crippen LogP contribution in [0.2, 0.25) is 0 Å². The Morgan fingerprint density at radius 1 is 1.15 bits per heavy atom. The van der Waals surface area contributed by atoms with Crippen molar-refractivity contribution in [3.63, 3.8) is 0 Å². The molecule has 0 aliphatic carbocycles. The number of hydrogen-bond acceptors (Lipinski definition) is 7. The Hall–Kier alpha value is -2.53. The zero-order valence-electron chi connectivity index (χ0n) is 19.1. The number of anilines is 1. The van der Waals surface area contributed by atoms with Gasteiger partial charge in [0, 0.05) is 44.2 Å². The van der Waals surface area contributed by atoms with Crippen molar-refractivity contribution in [2.24, 2.45) is 13.0 Å². The van der Waals surface area contributed by atoms with E-state index in [1.165, 1.54) is 18.5 Å². The summed E-state index contributed by atoms with van der Waals surface area (Å²) in [5.74, 6) is 2.81. The fourth-order valence-electron chi connectivity index (χ4n) is 5.00. The van der Waals surface area contributed by atoms with Crippen LogP contribution in [0.5, 0.6) is 0 Å². The molecule has 34 heavy (non-hydrogen) atoms. The van der Waals surface area contributed by atoms with Gasteiger partial charge in [-0.2, -0.15) is 13.2 Å². The van der Waals surface area contributed by atoms with E-state index in [0.29, 0.717) is 23.5 Å². The second-order valence-corrected chi connectivity index (χ2v) is 10.0.